The predicted molar refractivity (Wildman–Crippen MR) is 93.3 cm³/mol. The highest BCUT2D eigenvalue weighted by atomic mass is 32.2. The number of carbonyl (C=O) groups is 3. The summed E-state index contributed by atoms with van der Waals surface area (Å²) in [6.07, 6.45) is 0. The van der Waals surface area contributed by atoms with Crippen molar-refractivity contribution in [2.24, 2.45) is 0 Å². The Bertz CT molecular complexity index is 646. The summed E-state index contributed by atoms with van der Waals surface area (Å²) in [6, 6.07) is 6.78. The first kappa shape index (κ1) is 16.6. The van der Waals surface area contributed by atoms with E-state index in [0.717, 1.165) is 24.6 Å². The molecule has 1 aromatic carbocycles. The fraction of sp³-hybridized carbons (Fsp3) is 0.438. The first-order chi connectivity index (χ1) is 11.6. The van der Waals surface area contributed by atoms with Crippen LogP contribution in [0.4, 0.5) is 10.5 Å². The van der Waals surface area contributed by atoms with Crippen LogP contribution in [0.5, 0.6) is 0 Å². The molecule has 2 fully saturated rings. The van der Waals surface area contributed by atoms with Crippen molar-refractivity contribution in [3.05, 3.63) is 29.8 Å². The van der Waals surface area contributed by atoms with Crippen molar-refractivity contribution in [1.29, 1.82) is 0 Å². The normalized spacial score (nSPS) is 17.6. The molecule has 0 atom stereocenters. The molecule has 128 valence electrons. The lowest BCUT2D eigenvalue weighted by molar-refractivity contribution is -0.125. The van der Waals surface area contributed by atoms with E-state index in [1.807, 2.05) is 16.7 Å². The topological polar surface area (TPSA) is 81.8 Å². The van der Waals surface area contributed by atoms with Gasteiger partial charge in [0.25, 0.3) is 5.91 Å². The van der Waals surface area contributed by atoms with Crippen molar-refractivity contribution >= 4 is 35.3 Å². The average molecular weight is 348 g/mol. The molecule has 0 spiro atoms. The van der Waals surface area contributed by atoms with Gasteiger partial charge in [0, 0.05) is 48.9 Å². The summed E-state index contributed by atoms with van der Waals surface area (Å²) in [5, 5.41) is 5.59. The lowest BCUT2D eigenvalue weighted by atomic mass is 10.1. The van der Waals surface area contributed by atoms with Crippen LogP contribution < -0.4 is 10.6 Å². The van der Waals surface area contributed by atoms with Crippen molar-refractivity contribution in [2.75, 3.05) is 49.5 Å². The van der Waals surface area contributed by atoms with Crippen molar-refractivity contribution in [1.82, 2.24) is 15.1 Å². The molecular weight excluding hydrogens is 328 g/mol. The first-order valence-electron chi connectivity index (χ1n) is 7.94. The van der Waals surface area contributed by atoms with E-state index in [2.05, 4.69) is 10.6 Å². The Balaban J connectivity index is 1.59. The molecule has 8 heteroatoms. The van der Waals surface area contributed by atoms with Gasteiger partial charge in [-0.2, -0.15) is 11.8 Å². The van der Waals surface area contributed by atoms with E-state index in [9.17, 15) is 14.4 Å². The molecule has 0 saturated carbocycles. The average Bonchev–Trinajstić information content (AvgIpc) is 3.06. The third-order valence-corrected chi connectivity index (χ3v) is 4.95. The number of thioether (sulfide) groups is 1. The summed E-state index contributed by atoms with van der Waals surface area (Å²) >= 11 is 1.86. The Kier molecular flexibility index (Phi) is 5.24. The van der Waals surface area contributed by atoms with Gasteiger partial charge < -0.3 is 15.5 Å². The summed E-state index contributed by atoms with van der Waals surface area (Å²) in [4.78, 5) is 39.0. The number of benzene rings is 1. The van der Waals surface area contributed by atoms with Crippen LogP contribution in [0, 0.1) is 0 Å². The molecule has 2 heterocycles. The molecule has 0 unspecified atom stereocenters. The molecular formula is C16H20N4O3S. The fourth-order valence-electron chi connectivity index (χ4n) is 2.69. The van der Waals surface area contributed by atoms with E-state index >= 15 is 0 Å². The molecule has 1 aromatic rings. The highest BCUT2D eigenvalue weighted by Gasteiger charge is 2.25. The summed E-state index contributed by atoms with van der Waals surface area (Å²) in [6.45, 7) is 2.44. The second-order valence-corrected chi connectivity index (χ2v) is 6.84. The van der Waals surface area contributed by atoms with Gasteiger partial charge in [-0.25, -0.2) is 4.79 Å². The van der Waals surface area contributed by atoms with E-state index in [0.29, 0.717) is 24.3 Å². The monoisotopic (exact) mass is 348 g/mol. The van der Waals surface area contributed by atoms with Crippen molar-refractivity contribution in [3.8, 4) is 0 Å². The van der Waals surface area contributed by atoms with Crippen LogP contribution in [0.1, 0.15) is 10.4 Å². The summed E-state index contributed by atoms with van der Waals surface area (Å²) in [5.41, 5.74) is 1.30. The predicted octanol–water partition coefficient (Wildman–Crippen LogP) is 0.839. The van der Waals surface area contributed by atoms with Crippen LogP contribution in [-0.2, 0) is 4.79 Å². The quantitative estimate of drug-likeness (QED) is 0.843. The molecule has 2 aliphatic rings. The molecule has 2 N–H and O–H groups in total. The molecule has 2 saturated heterocycles. The number of amides is 4. The zero-order valence-electron chi connectivity index (χ0n) is 13.3. The molecule has 7 nitrogen and oxygen atoms in total. The van der Waals surface area contributed by atoms with E-state index in [1.165, 1.54) is 4.90 Å². The summed E-state index contributed by atoms with van der Waals surface area (Å²) < 4.78 is 0. The van der Waals surface area contributed by atoms with E-state index in [-0.39, 0.29) is 24.4 Å². The van der Waals surface area contributed by atoms with Gasteiger partial charge in [0.05, 0.1) is 6.54 Å². The Morgan fingerprint density at radius 3 is 2.71 bits per heavy atom. The van der Waals surface area contributed by atoms with Crippen molar-refractivity contribution in [2.45, 2.75) is 0 Å². The standard InChI is InChI=1S/C16H20N4O3S/c21-14(20-5-4-17-16(20)23)11-18-13-3-1-2-12(10-13)15(22)19-6-8-24-9-7-19/h1-3,10,18H,4-9,11H2,(H,17,23). The third kappa shape index (κ3) is 3.81. The number of urea groups is 1. The first-order valence-corrected chi connectivity index (χ1v) is 9.10. The molecule has 0 aliphatic carbocycles. The smallest absolute Gasteiger partial charge is 0.324 e. The van der Waals surface area contributed by atoms with E-state index < -0.39 is 0 Å². The minimum Gasteiger partial charge on any atom is -0.376 e. The van der Waals surface area contributed by atoms with Crippen LogP contribution in [0.25, 0.3) is 0 Å². The zero-order chi connectivity index (χ0) is 16.9. The minimum atomic E-state index is -0.353. The number of imide groups is 1. The molecule has 0 bridgehead atoms. The number of hydrogen-bond donors (Lipinski definition) is 2. The van der Waals surface area contributed by atoms with Gasteiger partial charge in [0.1, 0.15) is 0 Å². The van der Waals surface area contributed by atoms with Gasteiger partial charge in [-0.15, -0.1) is 0 Å². The maximum atomic E-state index is 12.5. The molecule has 2 aliphatic heterocycles. The second-order valence-electron chi connectivity index (χ2n) is 5.62. The summed E-state index contributed by atoms with van der Waals surface area (Å²) in [7, 11) is 0. The lowest BCUT2D eigenvalue weighted by Crippen LogP contribution is -2.38. The molecule has 4 amide bonds. The van der Waals surface area contributed by atoms with Gasteiger partial charge >= 0.3 is 6.03 Å². The Morgan fingerprint density at radius 1 is 1.21 bits per heavy atom. The number of hydrogen-bond acceptors (Lipinski definition) is 5. The highest BCUT2D eigenvalue weighted by Crippen LogP contribution is 2.16. The maximum Gasteiger partial charge on any atom is 0.324 e. The number of nitrogens with one attached hydrogen (secondary N) is 2. The largest absolute Gasteiger partial charge is 0.376 e. The molecule has 0 aromatic heterocycles. The van der Waals surface area contributed by atoms with Crippen LogP contribution >= 0.6 is 11.8 Å². The van der Waals surface area contributed by atoms with Gasteiger partial charge in [-0.05, 0) is 18.2 Å². The Morgan fingerprint density at radius 2 is 2.00 bits per heavy atom. The minimum absolute atomic E-state index is 0.0178. The van der Waals surface area contributed by atoms with Crippen molar-refractivity contribution < 1.29 is 14.4 Å². The lowest BCUT2D eigenvalue weighted by Gasteiger charge is -2.26. The van der Waals surface area contributed by atoms with Crippen LogP contribution in [0.3, 0.4) is 0 Å². The number of rotatable bonds is 4. The number of carbonyl (C=O) groups excluding carboxylic acids is 3. The zero-order valence-corrected chi connectivity index (χ0v) is 14.1. The van der Waals surface area contributed by atoms with Crippen LogP contribution in [-0.4, -0.2) is 71.9 Å². The Hall–Kier alpha value is -2.22. The van der Waals surface area contributed by atoms with Crippen LogP contribution in [0.2, 0.25) is 0 Å². The van der Waals surface area contributed by atoms with Crippen molar-refractivity contribution in [3.63, 3.8) is 0 Å². The fourth-order valence-corrected chi connectivity index (χ4v) is 3.60. The third-order valence-electron chi connectivity index (χ3n) is 4.01. The van der Waals surface area contributed by atoms with E-state index in [4.69, 9.17) is 0 Å². The highest BCUT2D eigenvalue weighted by molar-refractivity contribution is 7.99. The molecule has 0 radical (unpaired) electrons. The number of nitrogens with zero attached hydrogens (tertiary/aromatic N) is 2. The molecule has 3 rings (SSSR count). The van der Waals surface area contributed by atoms with Crippen LogP contribution in [0.15, 0.2) is 24.3 Å². The molecule has 24 heavy (non-hydrogen) atoms. The van der Waals surface area contributed by atoms with E-state index in [1.54, 1.807) is 24.3 Å². The summed E-state index contributed by atoms with van der Waals surface area (Å²) in [5.74, 6) is 1.67. The van der Waals surface area contributed by atoms with Gasteiger partial charge in [0.2, 0.25) is 5.91 Å². The number of anilines is 1. The van der Waals surface area contributed by atoms with Gasteiger partial charge in [0.15, 0.2) is 0 Å². The second kappa shape index (κ2) is 7.57. The maximum absolute atomic E-state index is 12.5. The Labute approximate surface area is 144 Å². The van der Waals surface area contributed by atoms with Gasteiger partial charge in [-0.3, -0.25) is 14.5 Å². The SMILES string of the molecule is O=C(c1cccc(NCC(=O)N2CCNC2=O)c1)N1CCSCC1. The van der Waals surface area contributed by atoms with Gasteiger partial charge in [-0.1, -0.05) is 6.07 Å².